The summed E-state index contributed by atoms with van der Waals surface area (Å²) in [6.45, 7) is 5.83. The zero-order valence-corrected chi connectivity index (χ0v) is 17.7. The van der Waals surface area contributed by atoms with Crippen LogP contribution in [0.15, 0.2) is 59.8 Å². The number of aryl methyl sites for hydroxylation is 1. The quantitative estimate of drug-likeness (QED) is 0.574. The Hall–Kier alpha value is -2.89. The first-order valence-electron chi connectivity index (χ1n) is 10.3. The lowest BCUT2D eigenvalue weighted by molar-refractivity contribution is -0.137. The highest BCUT2D eigenvalue weighted by Crippen LogP contribution is 2.49. The first-order valence-corrected chi connectivity index (χ1v) is 10.3. The molecule has 0 spiro atoms. The zero-order valence-electron chi connectivity index (χ0n) is 17.7. The van der Waals surface area contributed by atoms with Crippen molar-refractivity contribution in [3.63, 3.8) is 0 Å². The number of Topliss-reactive ketones (excluding diaryl/α,β-unsaturated/α-hetero) is 1. The Morgan fingerprint density at radius 2 is 1.71 bits per heavy atom. The van der Waals surface area contributed by atoms with Gasteiger partial charge >= 0.3 is 6.18 Å². The van der Waals surface area contributed by atoms with Crippen molar-refractivity contribution in [2.75, 3.05) is 4.90 Å². The summed E-state index contributed by atoms with van der Waals surface area (Å²) in [5.41, 5.74) is 1.94. The van der Waals surface area contributed by atoms with Gasteiger partial charge in [0.15, 0.2) is 5.78 Å². The van der Waals surface area contributed by atoms with Gasteiger partial charge < -0.3 is 0 Å². The molecule has 1 aliphatic heterocycles. The SMILES string of the molecule is Cc1ccccc1C1CC(=O)N(c2cccc(C(F)(F)F)c2)C2=C1C(=O)CC(C)(C)C2. The molecule has 162 valence electrons. The van der Waals surface area contributed by atoms with Gasteiger partial charge in [0.05, 0.1) is 5.56 Å². The second-order valence-electron chi connectivity index (χ2n) is 9.19. The van der Waals surface area contributed by atoms with E-state index in [1.807, 2.05) is 45.0 Å². The summed E-state index contributed by atoms with van der Waals surface area (Å²) in [7, 11) is 0. The largest absolute Gasteiger partial charge is 0.416 e. The highest BCUT2D eigenvalue weighted by molar-refractivity contribution is 6.07. The number of amides is 1. The standard InChI is InChI=1S/C25H24F3NO2/c1-15-7-4-5-10-18(15)19-12-22(31)29(17-9-6-8-16(11-17)25(26,27)28)20-13-24(2,3)14-21(30)23(19)20/h4-11,19H,12-14H2,1-3H3. The van der Waals surface area contributed by atoms with Gasteiger partial charge in [-0.3, -0.25) is 14.5 Å². The van der Waals surface area contributed by atoms with Crippen molar-refractivity contribution in [2.24, 2.45) is 5.41 Å². The molecule has 6 heteroatoms. The molecule has 4 rings (SSSR count). The number of hydrogen-bond acceptors (Lipinski definition) is 2. The number of hydrogen-bond donors (Lipinski definition) is 0. The summed E-state index contributed by atoms with van der Waals surface area (Å²) in [5.74, 6) is -0.713. The highest BCUT2D eigenvalue weighted by Gasteiger charge is 2.45. The minimum Gasteiger partial charge on any atom is -0.294 e. The van der Waals surface area contributed by atoms with E-state index in [0.29, 0.717) is 24.1 Å². The first kappa shape index (κ1) is 21.3. The molecule has 0 saturated heterocycles. The molecule has 0 radical (unpaired) electrons. The van der Waals surface area contributed by atoms with E-state index in [2.05, 4.69) is 0 Å². The minimum absolute atomic E-state index is 0.0380. The third-order valence-corrected chi connectivity index (χ3v) is 6.14. The molecule has 3 nitrogen and oxygen atoms in total. The fourth-order valence-corrected chi connectivity index (χ4v) is 4.78. The van der Waals surface area contributed by atoms with Crippen LogP contribution in [0.5, 0.6) is 0 Å². The Bertz CT molecular complexity index is 1100. The molecule has 2 aliphatic rings. The monoisotopic (exact) mass is 427 g/mol. The molecular weight excluding hydrogens is 403 g/mol. The van der Waals surface area contributed by atoms with Gasteiger partial charge in [-0.05, 0) is 48.1 Å². The number of carbonyl (C=O) groups excluding carboxylic acids is 2. The molecule has 1 aliphatic carbocycles. The van der Waals surface area contributed by atoms with E-state index >= 15 is 0 Å². The van der Waals surface area contributed by atoms with Gasteiger partial charge in [-0.25, -0.2) is 0 Å². The molecule has 0 fully saturated rings. The van der Waals surface area contributed by atoms with Crippen molar-refractivity contribution in [2.45, 2.75) is 52.1 Å². The molecule has 2 aromatic rings. The van der Waals surface area contributed by atoms with Crippen LogP contribution in [0.3, 0.4) is 0 Å². The Morgan fingerprint density at radius 3 is 2.39 bits per heavy atom. The molecule has 1 amide bonds. The lowest BCUT2D eigenvalue weighted by atomic mass is 9.69. The van der Waals surface area contributed by atoms with Crippen molar-refractivity contribution in [3.8, 4) is 0 Å². The number of benzene rings is 2. The number of allylic oxidation sites excluding steroid dienone is 2. The van der Waals surface area contributed by atoms with E-state index in [-0.39, 0.29) is 35.1 Å². The summed E-state index contributed by atoms with van der Waals surface area (Å²) >= 11 is 0. The van der Waals surface area contributed by atoms with Crippen molar-refractivity contribution < 1.29 is 22.8 Å². The number of alkyl halides is 3. The Balaban J connectivity index is 1.91. The van der Waals surface area contributed by atoms with Gasteiger partial charge in [0, 0.05) is 35.7 Å². The molecule has 1 heterocycles. The van der Waals surface area contributed by atoms with Crippen molar-refractivity contribution in [1.82, 2.24) is 0 Å². The second-order valence-corrected chi connectivity index (χ2v) is 9.19. The first-order chi connectivity index (χ1) is 14.5. The molecular formula is C25H24F3NO2. The fraction of sp³-hybridized carbons (Fsp3) is 0.360. The maximum Gasteiger partial charge on any atom is 0.416 e. The summed E-state index contributed by atoms with van der Waals surface area (Å²) in [6, 6.07) is 12.4. The van der Waals surface area contributed by atoms with E-state index in [4.69, 9.17) is 0 Å². The number of carbonyl (C=O) groups is 2. The van der Waals surface area contributed by atoms with E-state index in [9.17, 15) is 22.8 Å². The van der Waals surface area contributed by atoms with Gasteiger partial charge in [0.1, 0.15) is 0 Å². The predicted molar refractivity (Wildman–Crippen MR) is 113 cm³/mol. The third kappa shape index (κ3) is 3.91. The Morgan fingerprint density at radius 1 is 1.00 bits per heavy atom. The predicted octanol–water partition coefficient (Wildman–Crippen LogP) is 6.18. The average molecular weight is 427 g/mol. The lowest BCUT2D eigenvalue weighted by Crippen LogP contribution is -2.43. The zero-order chi connectivity index (χ0) is 22.6. The molecule has 0 bridgehead atoms. The van der Waals surface area contributed by atoms with Gasteiger partial charge in [-0.2, -0.15) is 13.2 Å². The van der Waals surface area contributed by atoms with Crippen LogP contribution >= 0.6 is 0 Å². The summed E-state index contributed by atoms with van der Waals surface area (Å²) in [5, 5.41) is 0. The smallest absolute Gasteiger partial charge is 0.294 e. The molecule has 31 heavy (non-hydrogen) atoms. The minimum atomic E-state index is -4.52. The van der Waals surface area contributed by atoms with Crippen LogP contribution in [0.4, 0.5) is 18.9 Å². The van der Waals surface area contributed by atoms with Crippen LogP contribution in [0, 0.1) is 12.3 Å². The van der Waals surface area contributed by atoms with Crippen LogP contribution in [0.2, 0.25) is 0 Å². The summed E-state index contributed by atoms with van der Waals surface area (Å²) in [4.78, 5) is 27.9. The van der Waals surface area contributed by atoms with Crippen LogP contribution in [-0.4, -0.2) is 11.7 Å². The molecule has 2 aromatic carbocycles. The van der Waals surface area contributed by atoms with Crippen LogP contribution < -0.4 is 4.90 Å². The molecule has 1 unspecified atom stereocenters. The van der Waals surface area contributed by atoms with Crippen LogP contribution in [-0.2, 0) is 15.8 Å². The summed E-state index contributed by atoms with van der Waals surface area (Å²) in [6.07, 6.45) is -3.68. The second kappa shape index (κ2) is 7.36. The molecule has 0 saturated carbocycles. The van der Waals surface area contributed by atoms with Gasteiger partial charge in [0.2, 0.25) is 5.91 Å². The van der Waals surface area contributed by atoms with Crippen molar-refractivity contribution >= 4 is 17.4 Å². The number of halogens is 3. The number of nitrogens with zero attached hydrogens (tertiary/aromatic N) is 1. The van der Waals surface area contributed by atoms with E-state index < -0.39 is 11.7 Å². The fourth-order valence-electron chi connectivity index (χ4n) is 4.78. The van der Waals surface area contributed by atoms with Crippen molar-refractivity contribution in [1.29, 1.82) is 0 Å². The number of anilines is 1. The van der Waals surface area contributed by atoms with Gasteiger partial charge in [-0.1, -0.05) is 44.2 Å². The van der Waals surface area contributed by atoms with E-state index in [0.717, 1.165) is 23.3 Å². The van der Waals surface area contributed by atoms with Gasteiger partial charge in [-0.15, -0.1) is 0 Å². The van der Waals surface area contributed by atoms with E-state index in [1.54, 1.807) is 0 Å². The Kier molecular flexibility index (Phi) is 5.07. The normalized spacial score (nSPS) is 21.4. The van der Waals surface area contributed by atoms with E-state index in [1.165, 1.54) is 17.0 Å². The Labute approximate surface area is 179 Å². The number of ketones is 1. The lowest BCUT2D eigenvalue weighted by Gasteiger charge is -2.43. The van der Waals surface area contributed by atoms with Gasteiger partial charge in [0.25, 0.3) is 0 Å². The van der Waals surface area contributed by atoms with Crippen molar-refractivity contribution in [3.05, 3.63) is 76.5 Å². The molecule has 0 aromatic heterocycles. The molecule has 1 atom stereocenters. The summed E-state index contributed by atoms with van der Waals surface area (Å²) < 4.78 is 39.9. The highest BCUT2D eigenvalue weighted by atomic mass is 19.4. The molecule has 0 N–H and O–H groups in total. The maximum absolute atomic E-state index is 13.3. The topological polar surface area (TPSA) is 37.4 Å². The third-order valence-electron chi connectivity index (χ3n) is 6.14. The van der Waals surface area contributed by atoms with Crippen LogP contribution in [0.25, 0.3) is 0 Å². The maximum atomic E-state index is 13.3. The average Bonchev–Trinajstić information content (AvgIpc) is 2.66. The number of rotatable bonds is 2. The van der Waals surface area contributed by atoms with Crippen LogP contribution in [0.1, 0.15) is 55.7 Å².